The largest absolute Gasteiger partial charge is 0.460 e. The topological polar surface area (TPSA) is 35.5 Å². The Hall–Kier alpha value is -0.570. The Morgan fingerprint density at radius 1 is 1.42 bits per heavy atom. The van der Waals surface area contributed by atoms with E-state index >= 15 is 0 Å². The zero-order chi connectivity index (χ0) is 9.61. The predicted molar refractivity (Wildman–Crippen MR) is 46.6 cm³/mol. The minimum Gasteiger partial charge on any atom is -0.460 e. The first-order chi connectivity index (χ1) is 5.45. The molecule has 0 aliphatic rings. The molecular formula is C9H17O3. The van der Waals surface area contributed by atoms with Crippen molar-refractivity contribution in [2.45, 2.75) is 32.8 Å². The van der Waals surface area contributed by atoms with Gasteiger partial charge in [0.05, 0.1) is 13.0 Å². The molecule has 0 saturated heterocycles. The van der Waals surface area contributed by atoms with E-state index < -0.39 is 5.60 Å². The highest BCUT2D eigenvalue weighted by Crippen LogP contribution is 2.07. The van der Waals surface area contributed by atoms with Gasteiger partial charge in [0, 0.05) is 6.61 Å². The fourth-order valence-electron chi connectivity index (χ4n) is 0.650. The van der Waals surface area contributed by atoms with Crippen LogP contribution in [0.1, 0.15) is 27.2 Å². The summed E-state index contributed by atoms with van der Waals surface area (Å²) >= 11 is 0. The molecule has 0 atom stereocenters. The van der Waals surface area contributed by atoms with Crippen LogP contribution in [0.4, 0.5) is 0 Å². The summed E-state index contributed by atoms with van der Waals surface area (Å²) in [6, 6.07) is 0. The number of esters is 1. The van der Waals surface area contributed by atoms with Crippen LogP contribution in [0.2, 0.25) is 0 Å². The highest BCUT2D eigenvalue weighted by atomic mass is 16.6. The highest BCUT2D eigenvalue weighted by molar-refractivity contribution is 5.69. The quantitative estimate of drug-likeness (QED) is 0.478. The maximum absolute atomic E-state index is 11.0. The van der Waals surface area contributed by atoms with Crippen LogP contribution in [-0.4, -0.2) is 24.8 Å². The van der Waals surface area contributed by atoms with Crippen LogP contribution in [0.5, 0.6) is 0 Å². The molecular weight excluding hydrogens is 156 g/mol. The molecule has 1 radical (unpaired) electrons. The monoisotopic (exact) mass is 173 g/mol. The molecule has 0 bridgehead atoms. The highest BCUT2D eigenvalue weighted by Gasteiger charge is 2.15. The van der Waals surface area contributed by atoms with Gasteiger partial charge in [-0.05, 0) is 27.7 Å². The third-order valence-corrected chi connectivity index (χ3v) is 1.01. The van der Waals surface area contributed by atoms with Gasteiger partial charge in [0.15, 0.2) is 0 Å². The molecule has 0 saturated carbocycles. The first kappa shape index (κ1) is 11.4. The van der Waals surface area contributed by atoms with Gasteiger partial charge in [0.1, 0.15) is 5.60 Å². The van der Waals surface area contributed by atoms with Crippen molar-refractivity contribution in [1.82, 2.24) is 0 Å². The summed E-state index contributed by atoms with van der Waals surface area (Å²) < 4.78 is 9.95. The van der Waals surface area contributed by atoms with Crippen molar-refractivity contribution < 1.29 is 14.3 Å². The lowest BCUT2D eigenvalue weighted by molar-refractivity contribution is -0.155. The maximum Gasteiger partial charge on any atom is 0.308 e. The summed E-state index contributed by atoms with van der Waals surface area (Å²) in [5.41, 5.74) is -0.401. The Kier molecular flexibility index (Phi) is 4.90. The molecule has 0 aromatic heterocycles. The van der Waals surface area contributed by atoms with Gasteiger partial charge in [0.2, 0.25) is 0 Å². The second-order valence-corrected chi connectivity index (χ2v) is 3.45. The van der Waals surface area contributed by atoms with Gasteiger partial charge in [0.25, 0.3) is 0 Å². The first-order valence-corrected chi connectivity index (χ1v) is 4.04. The van der Waals surface area contributed by atoms with Crippen molar-refractivity contribution >= 4 is 5.97 Å². The third-order valence-electron chi connectivity index (χ3n) is 1.01. The van der Waals surface area contributed by atoms with Crippen LogP contribution in [0.15, 0.2) is 0 Å². The van der Waals surface area contributed by atoms with Gasteiger partial charge in [-0.2, -0.15) is 0 Å². The lowest BCUT2D eigenvalue weighted by Gasteiger charge is -2.19. The molecule has 0 N–H and O–H groups in total. The first-order valence-electron chi connectivity index (χ1n) is 4.04. The summed E-state index contributed by atoms with van der Waals surface area (Å²) in [5, 5.41) is 0. The predicted octanol–water partition coefficient (Wildman–Crippen LogP) is 1.57. The average Bonchev–Trinajstić information content (AvgIpc) is 1.84. The van der Waals surface area contributed by atoms with Crippen molar-refractivity contribution in [1.29, 1.82) is 0 Å². The van der Waals surface area contributed by atoms with E-state index in [1.807, 2.05) is 20.8 Å². The van der Waals surface area contributed by atoms with E-state index in [4.69, 9.17) is 9.47 Å². The number of carbonyl (C=O) groups is 1. The van der Waals surface area contributed by atoms with Crippen LogP contribution in [-0.2, 0) is 14.3 Å². The molecule has 0 spiro atoms. The second kappa shape index (κ2) is 5.14. The zero-order valence-electron chi connectivity index (χ0n) is 8.05. The summed E-state index contributed by atoms with van der Waals surface area (Å²) in [4.78, 5) is 11.0. The van der Waals surface area contributed by atoms with Crippen LogP contribution >= 0.6 is 0 Å². The summed E-state index contributed by atoms with van der Waals surface area (Å²) in [6.07, 6.45) is 0.298. The SMILES string of the molecule is [CH2]COCCC(=O)OC(C)(C)C. The zero-order valence-corrected chi connectivity index (χ0v) is 8.05. The Bertz CT molecular complexity index is 135. The van der Waals surface area contributed by atoms with Crippen LogP contribution < -0.4 is 0 Å². The number of rotatable bonds is 4. The lowest BCUT2D eigenvalue weighted by atomic mass is 10.2. The standard InChI is InChI=1S/C9H17O3/c1-5-11-7-6-8(10)12-9(2,3)4/h1,5-7H2,2-4H3. The Labute approximate surface area is 74.0 Å². The molecule has 71 valence electrons. The summed E-state index contributed by atoms with van der Waals surface area (Å²) in [7, 11) is 0. The van der Waals surface area contributed by atoms with E-state index in [1.54, 1.807) is 0 Å². The summed E-state index contributed by atoms with van der Waals surface area (Å²) in [5.74, 6) is -0.226. The van der Waals surface area contributed by atoms with Crippen molar-refractivity contribution in [3.05, 3.63) is 6.92 Å². The van der Waals surface area contributed by atoms with Crippen molar-refractivity contribution in [3.8, 4) is 0 Å². The minimum absolute atomic E-state index is 0.226. The molecule has 0 fully saturated rings. The van der Waals surface area contributed by atoms with Crippen molar-refractivity contribution in [2.75, 3.05) is 13.2 Å². The maximum atomic E-state index is 11.0. The Morgan fingerprint density at radius 3 is 2.42 bits per heavy atom. The number of ether oxygens (including phenoxy) is 2. The van der Waals surface area contributed by atoms with Crippen molar-refractivity contribution in [3.63, 3.8) is 0 Å². The van der Waals surface area contributed by atoms with Gasteiger partial charge in [-0.15, -0.1) is 0 Å². The third kappa shape index (κ3) is 7.54. The van der Waals surface area contributed by atoms with E-state index in [9.17, 15) is 4.79 Å². The normalized spacial score (nSPS) is 11.3. The molecule has 0 aromatic rings. The molecule has 0 heterocycles. The molecule has 12 heavy (non-hydrogen) atoms. The van der Waals surface area contributed by atoms with Gasteiger partial charge in [-0.25, -0.2) is 0 Å². The number of hydrogen-bond acceptors (Lipinski definition) is 3. The van der Waals surface area contributed by atoms with Gasteiger partial charge in [-0.1, -0.05) is 0 Å². The minimum atomic E-state index is -0.401. The molecule has 3 heteroatoms. The number of carbonyl (C=O) groups excluding carboxylic acids is 1. The van der Waals surface area contributed by atoms with Crippen LogP contribution in [0.25, 0.3) is 0 Å². The molecule has 0 amide bonds. The van der Waals surface area contributed by atoms with E-state index in [0.717, 1.165) is 0 Å². The fraction of sp³-hybridized carbons (Fsp3) is 0.778. The van der Waals surface area contributed by atoms with Gasteiger partial charge >= 0.3 is 5.97 Å². The molecule has 0 aliphatic carbocycles. The van der Waals surface area contributed by atoms with E-state index in [1.165, 1.54) is 0 Å². The molecule has 0 aromatic carbocycles. The second-order valence-electron chi connectivity index (χ2n) is 3.45. The van der Waals surface area contributed by atoms with E-state index in [0.29, 0.717) is 19.6 Å². The molecule has 0 rings (SSSR count). The molecule has 3 nitrogen and oxygen atoms in total. The van der Waals surface area contributed by atoms with Gasteiger partial charge < -0.3 is 9.47 Å². The Balaban J connectivity index is 3.47. The smallest absolute Gasteiger partial charge is 0.308 e. The van der Waals surface area contributed by atoms with E-state index in [2.05, 4.69) is 6.92 Å². The van der Waals surface area contributed by atoms with Crippen LogP contribution in [0, 0.1) is 6.92 Å². The average molecular weight is 173 g/mol. The van der Waals surface area contributed by atoms with Crippen LogP contribution in [0.3, 0.4) is 0 Å². The lowest BCUT2D eigenvalue weighted by Crippen LogP contribution is -2.24. The fourth-order valence-corrected chi connectivity index (χ4v) is 0.650. The molecule has 0 unspecified atom stereocenters. The van der Waals surface area contributed by atoms with Crippen molar-refractivity contribution in [2.24, 2.45) is 0 Å². The molecule has 0 aliphatic heterocycles. The van der Waals surface area contributed by atoms with E-state index in [-0.39, 0.29) is 5.97 Å². The van der Waals surface area contributed by atoms with Gasteiger partial charge in [-0.3, -0.25) is 4.79 Å². The summed E-state index contributed by atoms with van der Waals surface area (Å²) in [6.45, 7) is 9.78. The Morgan fingerprint density at radius 2 is 2.00 bits per heavy atom. The number of hydrogen-bond donors (Lipinski definition) is 0.